The van der Waals surface area contributed by atoms with Gasteiger partial charge in [-0.3, -0.25) is 4.79 Å². The Morgan fingerprint density at radius 2 is 2.11 bits per heavy atom. The predicted molar refractivity (Wildman–Crippen MR) is 81.1 cm³/mol. The zero-order valence-electron chi connectivity index (χ0n) is 11.4. The number of rotatable bonds is 7. The van der Waals surface area contributed by atoms with Crippen LogP contribution in [-0.4, -0.2) is 30.4 Å². The maximum absolute atomic E-state index is 11.6. The summed E-state index contributed by atoms with van der Waals surface area (Å²) >= 11 is 1.69. The number of carbonyl (C=O) groups excluding carboxylic acids is 1. The number of thioether (sulfide) groups is 1. The van der Waals surface area contributed by atoms with Gasteiger partial charge in [0, 0.05) is 24.1 Å². The van der Waals surface area contributed by atoms with Gasteiger partial charge in [0.05, 0.1) is 0 Å². The van der Waals surface area contributed by atoms with E-state index in [4.69, 9.17) is 5.11 Å². The molecule has 1 amide bonds. The Balaban J connectivity index is 2.40. The molecule has 2 N–H and O–H groups in total. The molecule has 1 rings (SSSR count). The van der Waals surface area contributed by atoms with Crippen LogP contribution in [0.25, 0.3) is 6.08 Å². The normalized spacial score (nSPS) is 12.6. The Morgan fingerprint density at radius 1 is 1.42 bits per heavy atom. The molecule has 19 heavy (non-hydrogen) atoms. The molecule has 0 heterocycles. The third-order valence-electron chi connectivity index (χ3n) is 2.79. The van der Waals surface area contributed by atoms with Gasteiger partial charge in [0.2, 0.25) is 5.91 Å². The minimum Gasteiger partial charge on any atom is -0.396 e. The van der Waals surface area contributed by atoms with E-state index < -0.39 is 0 Å². The predicted octanol–water partition coefficient (Wildman–Crippen LogP) is 2.56. The Bertz CT molecular complexity index is 415. The van der Waals surface area contributed by atoms with Crippen LogP contribution < -0.4 is 5.32 Å². The fourth-order valence-electron chi connectivity index (χ4n) is 1.54. The highest BCUT2D eigenvalue weighted by atomic mass is 32.2. The summed E-state index contributed by atoms with van der Waals surface area (Å²) in [4.78, 5) is 12.8. The standard InChI is InChI=1S/C15H21NO2S/c1-12(9-10-17)11-16-15(18)8-5-13-3-6-14(19-2)7-4-13/h3-8,12,17H,9-11H2,1-2H3,(H,16,18)/b8-5+. The summed E-state index contributed by atoms with van der Waals surface area (Å²) in [6.45, 7) is 2.76. The van der Waals surface area contributed by atoms with E-state index in [1.807, 2.05) is 37.4 Å². The number of nitrogens with one attached hydrogen (secondary N) is 1. The van der Waals surface area contributed by atoms with Crippen LogP contribution in [0.3, 0.4) is 0 Å². The van der Waals surface area contributed by atoms with E-state index in [-0.39, 0.29) is 12.5 Å². The molecule has 1 unspecified atom stereocenters. The van der Waals surface area contributed by atoms with Crippen LogP contribution in [0.2, 0.25) is 0 Å². The quantitative estimate of drug-likeness (QED) is 0.596. The number of amides is 1. The number of aliphatic hydroxyl groups is 1. The second kappa shape index (κ2) is 8.77. The van der Waals surface area contributed by atoms with Gasteiger partial charge in [-0.2, -0.15) is 0 Å². The Hall–Kier alpha value is -1.26. The van der Waals surface area contributed by atoms with Crippen LogP contribution in [0.5, 0.6) is 0 Å². The Labute approximate surface area is 119 Å². The number of carbonyl (C=O) groups is 1. The van der Waals surface area contributed by atoms with Crippen LogP contribution >= 0.6 is 11.8 Å². The molecule has 0 fully saturated rings. The second-order valence-electron chi connectivity index (χ2n) is 4.47. The van der Waals surface area contributed by atoms with Crippen molar-refractivity contribution in [3.63, 3.8) is 0 Å². The molecule has 0 aliphatic rings. The lowest BCUT2D eigenvalue weighted by atomic mass is 10.1. The number of hydrogen-bond donors (Lipinski definition) is 2. The van der Waals surface area contributed by atoms with Crippen LogP contribution in [0.15, 0.2) is 35.2 Å². The average Bonchev–Trinajstić information content (AvgIpc) is 2.44. The summed E-state index contributed by atoms with van der Waals surface area (Å²) in [5, 5.41) is 11.6. The molecule has 0 bridgehead atoms. The summed E-state index contributed by atoms with van der Waals surface area (Å²) in [5.41, 5.74) is 1.01. The van der Waals surface area contributed by atoms with E-state index in [2.05, 4.69) is 5.32 Å². The first-order chi connectivity index (χ1) is 9.15. The topological polar surface area (TPSA) is 49.3 Å². The second-order valence-corrected chi connectivity index (χ2v) is 5.35. The minimum absolute atomic E-state index is 0.0984. The molecule has 0 saturated carbocycles. The van der Waals surface area contributed by atoms with Crippen molar-refractivity contribution in [2.45, 2.75) is 18.2 Å². The number of benzene rings is 1. The molecule has 0 spiro atoms. The van der Waals surface area contributed by atoms with Gasteiger partial charge >= 0.3 is 0 Å². The highest BCUT2D eigenvalue weighted by molar-refractivity contribution is 7.98. The fourth-order valence-corrected chi connectivity index (χ4v) is 1.95. The van der Waals surface area contributed by atoms with Crippen molar-refractivity contribution < 1.29 is 9.90 Å². The Morgan fingerprint density at radius 3 is 2.68 bits per heavy atom. The van der Waals surface area contributed by atoms with E-state index in [9.17, 15) is 4.79 Å². The maximum Gasteiger partial charge on any atom is 0.244 e. The van der Waals surface area contributed by atoms with Crippen molar-refractivity contribution in [3.05, 3.63) is 35.9 Å². The van der Waals surface area contributed by atoms with Gasteiger partial charge in [0.1, 0.15) is 0 Å². The SMILES string of the molecule is CSc1ccc(/C=C/C(=O)NCC(C)CCO)cc1. The van der Waals surface area contributed by atoms with Crippen molar-refractivity contribution in [2.24, 2.45) is 5.92 Å². The van der Waals surface area contributed by atoms with Crippen molar-refractivity contribution in [1.29, 1.82) is 0 Å². The van der Waals surface area contributed by atoms with E-state index in [1.165, 1.54) is 4.90 Å². The molecule has 104 valence electrons. The molecule has 0 aliphatic heterocycles. The molecule has 3 nitrogen and oxygen atoms in total. The minimum atomic E-state index is -0.0984. The molecule has 0 radical (unpaired) electrons. The number of hydrogen-bond acceptors (Lipinski definition) is 3. The monoisotopic (exact) mass is 279 g/mol. The van der Waals surface area contributed by atoms with Gasteiger partial charge in [-0.15, -0.1) is 11.8 Å². The summed E-state index contributed by atoms with van der Waals surface area (Å²) in [7, 11) is 0. The van der Waals surface area contributed by atoms with Gasteiger partial charge in [-0.05, 0) is 42.4 Å². The maximum atomic E-state index is 11.6. The van der Waals surface area contributed by atoms with Crippen LogP contribution in [0.1, 0.15) is 18.9 Å². The van der Waals surface area contributed by atoms with Crippen LogP contribution in [-0.2, 0) is 4.79 Å². The van der Waals surface area contributed by atoms with Gasteiger partial charge < -0.3 is 10.4 Å². The first-order valence-corrected chi connectivity index (χ1v) is 7.59. The van der Waals surface area contributed by atoms with Crippen molar-refractivity contribution in [2.75, 3.05) is 19.4 Å². The summed E-state index contributed by atoms with van der Waals surface area (Å²) in [6, 6.07) is 8.05. The van der Waals surface area contributed by atoms with Gasteiger partial charge in [0.25, 0.3) is 0 Å². The first kappa shape index (κ1) is 15.8. The lowest BCUT2D eigenvalue weighted by Crippen LogP contribution is -2.26. The molecule has 1 aromatic carbocycles. The molecule has 4 heteroatoms. The largest absolute Gasteiger partial charge is 0.396 e. The van der Waals surface area contributed by atoms with Gasteiger partial charge in [-0.25, -0.2) is 0 Å². The summed E-state index contributed by atoms with van der Waals surface area (Å²) < 4.78 is 0. The van der Waals surface area contributed by atoms with Crippen LogP contribution in [0, 0.1) is 5.92 Å². The van der Waals surface area contributed by atoms with Crippen molar-refractivity contribution >= 4 is 23.7 Å². The summed E-state index contributed by atoms with van der Waals surface area (Å²) in [5.74, 6) is 0.196. The third kappa shape index (κ3) is 6.45. The molecule has 1 aromatic rings. The van der Waals surface area contributed by atoms with Gasteiger partial charge in [0.15, 0.2) is 0 Å². The van der Waals surface area contributed by atoms with Crippen LogP contribution in [0.4, 0.5) is 0 Å². The van der Waals surface area contributed by atoms with Crippen molar-refractivity contribution in [1.82, 2.24) is 5.32 Å². The fraction of sp³-hybridized carbons (Fsp3) is 0.400. The van der Waals surface area contributed by atoms with Gasteiger partial charge in [-0.1, -0.05) is 19.1 Å². The number of aliphatic hydroxyl groups excluding tert-OH is 1. The summed E-state index contributed by atoms with van der Waals surface area (Å²) in [6.07, 6.45) is 6.09. The zero-order valence-corrected chi connectivity index (χ0v) is 12.2. The van der Waals surface area contributed by atoms with E-state index in [1.54, 1.807) is 23.9 Å². The van der Waals surface area contributed by atoms with E-state index >= 15 is 0 Å². The molecule has 0 aromatic heterocycles. The molecule has 0 saturated heterocycles. The smallest absolute Gasteiger partial charge is 0.244 e. The third-order valence-corrected chi connectivity index (χ3v) is 3.53. The van der Waals surface area contributed by atoms with Crippen molar-refractivity contribution in [3.8, 4) is 0 Å². The van der Waals surface area contributed by atoms with E-state index in [0.29, 0.717) is 18.9 Å². The zero-order chi connectivity index (χ0) is 14.1. The molecule has 0 aliphatic carbocycles. The molecular formula is C15H21NO2S. The van der Waals surface area contributed by atoms with E-state index in [0.717, 1.165) is 5.56 Å². The highest BCUT2D eigenvalue weighted by Crippen LogP contribution is 2.15. The average molecular weight is 279 g/mol. The highest BCUT2D eigenvalue weighted by Gasteiger charge is 2.02. The molecular weight excluding hydrogens is 258 g/mol. The lowest BCUT2D eigenvalue weighted by molar-refractivity contribution is -0.116. The first-order valence-electron chi connectivity index (χ1n) is 6.36. The Kier molecular flexibility index (Phi) is 7.30. The molecule has 1 atom stereocenters. The lowest BCUT2D eigenvalue weighted by Gasteiger charge is -2.09.